The van der Waals surface area contributed by atoms with E-state index in [0.717, 1.165) is 12.1 Å². The molecule has 1 aromatic heterocycles. The van der Waals surface area contributed by atoms with E-state index in [1.165, 1.54) is 15.8 Å². The molecule has 2 atom stereocenters. The molecule has 0 fully saturated rings. The summed E-state index contributed by atoms with van der Waals surface area (Å²) in [6.45, 7) is 2.25. The van der Waals surface area contributed by atoms with Crippen molar-refractivity contribution < 1.29 is 4.39 Å². The van der Waals surface area contributed by atoms with Gasteiger partial charge in [-0.1, -0.05) is 6.92 Å². The summed E-state index contributed by atoms with van der Waals surface area (Å²) in [6, 6.07) is 7.58. The van der Waals surface area contributed by atoms with Crippen molar-refractivity contribution >= 4 is 44.7 Å². The van der Waals surface area contributed by atoms with E-state index < -0.39 is 0 Å². The maximum Gasteiger partial charge on any atom is 0.137 e. The predicted octanol–water partition coefficient (Wildman–Crippen LogP) is 5.69. The van der Waals surface area contributed by atoms with E-state index in [0.29, 0.717) is 15.8 Å². The highest BCUT2D eigenvalue weighted by atomic mass is 79.9. The lowest BCUT2D eigenvalue weighted by Gasteiger charge is -2.28. The Morgan fingerprint density at radius 2 is 2.21 bits per heavy atom. The number of thioether (sulfide) groups is 1. The lowest BCUT2D eigenvalue weighted by atomic mass is 10.0. The van der Waals surface area contributed by atoms with Crippen LogP contribution in [-0.2, 0) is 0 Å². The Hall–Kier alpha value is -0.520. The molecule has 2 aromatic rings. The van der Waals surface area contributed by atoms with Crippen molar-refractivity contribution in [1.82, 2.24) is 0 Å². The molecule has 1 aromatic carbocycles. The molecule has 0 spiro atoms. The molecule has 1 aliphatic rings. The van der Waals surface area contributed by atoms with Crippen LogP contribution in [0.3, 0.4) is 0 Å². The number of fused-ring (bicyclic) bond motifs is 1. The van der Waals surface area contributed by atoms with Crippen molar-refractivity contribution in [1.29, 1.82) is 0 Å². The third-order valence-corrected chi connectivity index (χ3v) is 6.12. The Morgan fingerprint density at radius 1 is 1.37 bits per heavy atom. The number of thiophene rings is 1. The summed E-state index contributed by atoms with van der Waals surface area (Å²) in [4.78, 5) is 0. The van der Waals surface area contributed by atoms with Crippen molar-refractivity contribution in [2.24, 2.45) is 0 Å². The van der Waals surface area contributed by atoms with Crippen LogP contribution in [0.4, 0.5) is 10.1 Å². The average molecular weight is 358 g/mol. The van der Waals surface area contributed by atoms with Crippen LogP contribution in [0.5, 0.6) is 0 Å². The molecule has 0 saturated heterocycles. The second-order valence-corrected chi connectivity index (χ2v) is 8.13. The second-order valence-electron chi connectivity index (χ2n) is 4.65. The number of hydrogen-bond donors (Lipinski definition) is 1. The molecule has 0 amide bonds. The molecule has 1 N–H and O–H groups in total. The number of hydrogen-bond acceptors (Lipinski definition) is 3. The van der Waals surface area contributed by atoms with Crippen molar-refractivity contribution in [3.05, 3.63) is 45.5 Å². The molecule has 2 heterocycles. The summed E-state index contributed by atoms with van der Waals surface area (Å²) < 4.78 is 15.2. The van der Waals surface area contributed by atoms with Gasteiger partial charge in [0.05, 0.1) is 14.7 Å². The Balaban J connectivity index is 1.86. The number of anilines is 1. The SMILES string of the molecule is C[C@H]1CC(Nc2ccc(F)c(Br)c2)c2ccsc2S1. The Labute approximate surface area is 128 Å². The minimum Gasteiger partial charge on any atom is -0.378 e. The first-order valence-electron chi connectivity index (χ1n) is 6.09. The summed E-state index contributed by atoms with van der Waals surface area (Å²) in [5.41, 5.74) is 2.32. The predicted molar refractivity (Wildman–Crippen MR) is 84.7 cm³/mol. The van der Waals surface area contributed by atoms with Gasteiger partial charge < -0.3 is 5.32 Å². The molecule has 1 nitrogen and oxygen atoms in total. The normalized spacial score (nSPS) is 22.1. The van der Waals surface area contributed by atoms with Crippen molar-refractivity contribution in [2.75, 3.05) is 5.32 Å². The quantitative estimate of drug-likeness (QED) is 0.740. The maximum absolute atomic E-state index is 13.3. The number of halogens is 2. The van der Waals surface area contributed by atoms with Gasteiger partial charge in [-0.3, -0.25) is 0 Å². The lowest BCUT2D eigenvalue weighted by Crippen LogP contribution is -2.18. The van der Waals surface area contributed by atoms with Gasteiger partial charge in [-0.05, 0) is 57.6 Å². The van der Waals surface area contributed by atoms with Crippen LogP contribution in [0, 0.1) is 5.82 Å². The van der Waals surface area contributed by atoms with Gasteiger partial charge in [0.1, 0.15) is 5.82 Å². The first-order chi connectivity index (χ1) is 9.13. The second kappa shape index (κ2) is 5.46. The first kappa shape index (κ1) is 13.5. The zero-order chi connectivity index (χ0) is 13.4. The van der Waals surface area contributed by atoms with Crippen molar-refractivity contribution in [3.63, 3.8) is 0 Å². The molecule has 0 saturated carbocycles. The summed E-state index contributed by atoms with van der Waals surface area (Å²) in [7, 11) is 0. The first-order valence-corrected chi connectivity index (χ1v) is 8.64. The van der Waals surface area contributed by atoms with Gasteiger partial charge in [0.2, 0.25) is 0 Å². The van der Waals surface area contributed by atoms with Crippen LogP contribution in [0.15, 0.2) is 38.3 Å². The highest BCUT2D eigenvalue weighted by Crippen LogP contribution is 2.45. The van der Waals surface area contributed by atoms with Gasteiger partial charge in [-0.15, -0.1) is 23.1 Å². The third-order valence-electron chi connectivity index (χ3n) is 3.17. The van der Waals surface area contributed by atoms with Crippen LogP contribution >= 0.6 is 39.0 Å². The molecule has 100 valence electrons. The molecular formula is C14H13BrFNS2. The van der Waals surface area contributed by atoms with Gasteiger partial charge in [-0.25, -0.2) is 4.39 Å². The molecule has 0 radical (unpaired) electrons. The van der Waals surface area contributed by atoms with Crippen LogP contribution in [0.1, 0.15) is 24.9 Å². The summed E-state index contributed by atoms with van der Waals surface area (Å²) in [6.07, 6.45) is 1.09. The third kappa shape index (κ3) is 2.83. The van der Waals surface area contributed by atoms with Crippen molar-refractivity contribution in [2.45, 2.75) is 28.8 Å². The molecule has 19 heavy (non-hydrogen) atoms. The van der Waals surface area contributed by atoms with Gasteiger partial charge >= 0.3 is 0 Å². The fourth-order valence-corrected chi connectivity index (χ4v) is 5.22. The van der Waals surface area contributed by atoms with E-state index in [4.69, 9.17) is 0 Å². The van der Waals surface area contributed by atoms with Gasteiger partial charge in [0.15, 0.2) is 0 Å². The number of rotatable bonds is 2. The largest absolute Gasteiger partial charge is 0.378 e. The minimum atomic E-state index is -0.227. The van der Waals surface area contributed by atoms with Crippen LogP contribution in [0.2, 0.25) is 0 Å². The van der Waals surface area contributed by atoms with Crippen molar-refractivity contribution in [3.8, 4) is 0 Å². The fourth-order valence-electron chi connectivity index (χ4n) is 2.27. The molecule has 1 aliphatic heterocycles. The molecular weight excluding hydrogens is 345 g/mol. The Morgan fingerprint density at radius 3 is 3.00 bits per heavy atom. The molecule has 5 heteroatoms. The Bertz CT molecular complexity index is 599. The monoisotopic (exact) mass is 357 g/mol. The van der Waals surface area contributed by atoms with Crippen LogP contribution < -0.4 is 5.32 Å². The number of nitrogens with one attached hydrogen (secondary N) is 1. The van der Waals surface area contributed by atoms with Crippen LogP contribution in [-0.4, -0.2) is 5.25 Å². The summed E-state index contributed by atoms with van der Waals surface area (Å²) >= 11 is 6.98. The van der Waals surface area contributed by atoms with Gasteiger partial charge in [0, 0.05) is 10.9 Å². The van der Waals surface area contributed by atoms with E-state index >= 15 is 0 Å². The molecule has 0 bridgehead atoms. The molecule has 0 aliphatic carbocycles. The summed E-state index contributed by atoms with van der Waals surface area (Å²) in [5, 5.41) is 6.27. The summed E-state index contributed by atoms with van der Waals surface area (Å²) in [5.74, 6) is -0.227. The fraction of sp³-hybridized carbons (Fsp3) is 0.286. The zero-order valence-electron chi connectivity index (χ0n) is 10.3. The van der Waals surface area contributed by atoms with Gasteiger partial charge in [0.25, 0.3) is 0 Å². The van der Waals surface area contributed by atoms with Gasteiger partial charge in [-0.2, -0.15) is 0 Å². The van der Waals surface area contributed by atoms with E-state index in [-0.39, 0.29) is 5.82 Å². The van der Waals surface area contributed by atoms with E-state index in [1.807, 2.05) is 11.8 Å². The highest BCUT2D eigenvalue weighted by Gasteiger charge is 2.26. The van der Waals surface area contributed by atoms with E-state index in [1.54, 1.807) is 23.5 Å². The Kier molecular flexibility index (Phi) is 3.87. The lowest BCUT2D eigenvalue weighted by molar-refractivity contribution is 0.620. The zero-order valence-corrected chi connectivity index (χ0v) is 13.5. The topological polar surface area (TPSA) is 12.0 Å². The highest BCUT2D eigenvalue weighted by molar-refractivity contribution is 9.10. The van der Waals surface area contributed by atoms with Crippen LogP contribution in [0.25, 0.3) is 0 Å². The maximum atomic E-state index is 13.3. The molecule has 1 unspecified atom stereocenters. The van der Waals surface area contributed by atoms with E-state index in [2.05, 4.69) is 39.6 Å². The van der Waals surface area contributed by atoms with E-state index in [9.17, 15) is 4.39 Å². The number of benzene rings is 1. The standard InChI is InChI=1S/C14H13BrFNS2/c1-8-6-13(10-4-5-18-14(10)19-8)17-9-2-3-12(16)11(15)7-9/h2-5,7-8,13,17H,6H2,1H3/t8-,13?/m0/s1. The minimum absolute atomic E-state index is 0.227. The smallest absolute Gasteiger partial charge is 0.137 e. The average Bonchev–Trinajstić information content (AvgIpc) is 2.82. The molecule has 3 rings (SSSR count).